The maximum atomic E-state index is 9.02. The molecule has 4 atom stereocenters. The first-order valence-corrected chi connectivity index (χ1v) is 3.80. The zero-order valence-electron chi connectivity index (χ0n) is 6.24. The molecule has 5 N–H and O–H groups in total. The lowest BCUT2D eigenvalue weighted by Crippen LogP contribution is -2.46. The van der Waals surface area contributed by atoms with Gasteiger partial charge in [-0.15, -0.1) is 0 Å². The van der Waals surface area contributed by atoms with Crippen molar-refractivity contribution >= 4 is 17.6 Å². The lowest BCUT2D eigenvalue weighted by molar-refractivity contribution is -0.0996. The predicted octanol–water partition coefficient (Wildman–Crippen LogP) is -2.58. The normalized spacial score (nSPS) is 21.1. The van der Waals surface area contributed by atoms with Crippen LogP contribution in [0.5, 0.6) is 0 Å². The van der Waals surface area contributed by atoms with Crippen LogP contribution in [-0.2, 0) is 0 Å². The third-order valence-electron chi connectivity index (χ3n) is 1.42. The van der Waals surface area contributed by atoms with Gasteiger partial charge in [0, 0.05) is 5.37 Å². The molecular formula is C6H12O5S. The topological polar surface area (TPSA) is 101 Å². The summed E-state index contributed by atoms with van der Waals surface area (Å²) in [6.07, 6.45) is -6.06. The summed E-state index contributed by atoms with van der Waals surface area (Å²) >= 11 is 4.30. The fourth-order valence-corrected chi connectivity index (χ4v) is 0.779. The van der Waals surface area contributed by atoms with Gasteiger partial charge in [0.05, 0.1) is 6.61 Å². The Morgan fingerprint density at radius 3 is 1.92 bits per heavy atom. The van der Waals surface area contributed by atoms with Crippen molar-refractivity contribution in [1.82, 2.24) is 0 Å². The van der Waals surface area contributed by atoms with E-state index in [9.17, 15) is 0 Å². The first-order valence-electron chi connectivity index (χ1n) is 3.33. The van der Waals surface area contributed by atoms with E-state index in [1.54, 1.807) is 0 Å². The maximum absolute atomic E-state index is 9.02. The minimum Gasteiger partial charge on any atom is -0.394 e. The molecule has 0 radical (unpaired) electrons. The molecule has 0 aliphatic carbocycles. The fourth-order valence-electron chi connectivity index (χ4n) is 0.618. The Morgan fingerprint density at radius 1 is 1.08 bits per heavy atom. The molecule has 72 valence electrons. The van der Waals surface area contributed by atoms with Crippen molar-refractivity contribution in [2.75, 3.05) is 6.61 Å². The van der Waals surface area contributed by atoms with E-state index in [0.29, 0.717) is 0 Å². The average molecular weight is 196 g/mol. The minimum absolute atomic E-state index is 0.692. The van der Waals surface area contributed by atoms with Gasteiger partial charge >= 0.3 is 0 Å². The van der Waals surface area contributed by atoms with Crippen LogP contribution in [0, 0.1) is 0 Å². The monoisotopic (exact) mass is 196 g/mol. The lowest BCUT2D eigenvalue weighted by atomic mass is 10.0. The van der Waals surface area contributed by atoms with E-state index >= 15 is 0 Å². The van der Waals surface area contributed by atoms with Crippen LogP contribution in [0.25, 0.3) is 0 Å². The quantitative estimate of drug-likeness (QED) is 0.310. The van der Waals surface area contributed by atoms with E-state index in [1.165, 1.54) is 0 Å². The summed E-state index contributed by atoms with van der Waals surface area (Å²) in [6.45, 7) is -0.692. The minimum atomic E-state index is -1.61. The lowest BCUT2D eigenvalue weighted by Gasteiger charge is -2.23. The molecule has 0 unspecified atom stereocenters. The van der Waals surface area contributed by atoms with Gasteiger partial charge in [-0.05, 0) is 0 Å². The molecule has 0 spiro atoms. The van der Waals surface area contributed by atoms with Crippen LogP contribution in [0.3, 0.4) is 0 Å². The van der Waals surface area contributed by atoms with E-state index in [2.05, 4.69) is 12.2 Å². The van der Waals surface area contributed by atoms with Crippen molar-refractivity contribution in [3.8, 4) is 0 Å². The number of rotatable bonds is 5. The zero-order chi connectivity index (χ0) is 9.72. The molecule has 0 fully saturated rings. The first kappa shape index (κ1) is 11.9. The van der Waals surface area contributed by atoms with Crippen molar-refractivity contribution < 1.29 is 25.5 Å². The summed E-state index contributed by atoms with van der Waals surface area (Å²) in [5.74, 6) is 0. The Labute approximate surface area is 74.9 Å². The van der Waals surface area contributed by atoms with Crippen molar-refractivity contribution in [2.24, 2.45) is 0 Å². The van der Waals surface area contributed by atoms with Gasteiger partial charge in [0.2, 0.25) is 0 Å². The molecule has 0 aromatic rings. The summed E-state index contributed by atoms with van der Waals surface area (Å²) in [6, 6.07) is 0. The number of aliphatic hydroxyl groups excluding tert-OH is 5. The molecule has 12 heavy (non-hydrogen) atoms. The summed E-state index contributed by atoms with van der Waals surface area (Å²) in [4.78, 5) is 0. The molecule has 5 nitrogen and oxygen atoms in total. The highest BCUT2D eigenvalue weighted by molar-refractivity contribution is 7.79. The van der Waals surface area contributed by atoms with Crippen LogP contribution < -0.4 is 0 Å². The fraction of sp³-hybridized carbons (Fsp3) is 0.833. The van der Waals surface area contributed by atoms with Crippen LogP contribution in [0.2, 0.25) is 0 Å². The Kier molecular flexibility index (Phi) is 5.47. The molecule has 0 saturated heterocycles. The molecule has 0 aromatic heterocycles. The number of hydrogen-bond donors (Lipinski definition) is 5. The SMILES string of the molecule is OC[C@@H](O)[C@H](O)[C@@H](O)[C@@H](O)C=S. The second-order valence-electron chi connectivity index (χ2n) is 2.36. The molecule has 0 aliphatic rings. The van der Waals surface area contributed by atoms with Crippen molar-refractivity contribution in [2.45, 2.75) is 24.4 Å². The molecule has 0 aliphatic heterocycles. The second-order valence-corrected chi connectivity index (χ2v) is 2.63. The molecule has 0 amide bonds. The van der Waals surface area contributed by atoms with Gasteiger partial charge in [-0.2, -0.15) is 0 Å². The average Bonchev–Trinajstić information content (AvgIpc) is 2.12. The molecule has 0 aromatic carbocycles. The number of aliphatic hydroxyl groups is 5. The Bertz CT molecular complexity index is 142. The Balaban J connectivity index is 4.07. The first-order chi connectivity index (χ1) is 5.54. The van der Waals surface area contributed by atoms with Crippen LogP contribution in [0.4, 0.5) is 0 Å². The summed E-state index contributed by atoms with van der Waals surface area (Å²) < 4.78 is 0. The third kappa shape index (κ3) is 3.10. The van der Waals surface area contributed by atoms with Gasteiger partial charge in [-0.1, -0.05) is 12.2 Å². The van der Waals surface area contributed by atoms with Gasteiger partial charge in [-0.3, -0.25) is 0 Å². The summed E-state index contributed by atoms with van der Waals surface area (Å²) in [5, 5.41) is 44.9. The van der Waals surface area contributed by atoms with E-state index in [0.717, 1.165) is 5.37 Å². The van der Waals surface area contributed by atoms with Crippen molar-refractivity contribution in [3.63, 3.8) is 0 Å². The van der Waals surface area contributed by atoms with Gasteiger partial charge in [0.15, 0.2) is 0 Å². The molecule has 0 bridgehead atoms. The highest BCUT2D eigenvalue weighted by Crippen LogP contribution is 2.03. The predicted molar refractivity (Wildman–Crippen MR) is 44.8 cm³/mol. The Hall–Kier alpha value is -0.110. The number of thiocarbonyl (C=S) groups is 1. The molecule has 0 saturated carbocycles. The highest BCUT2D eigenvalue weighted by atomic mass is 32.1. The molecule has 0 heterocycles. The van der Waals surface area contributed by atoms with Crippen LogP contribution in [-0.4, -0.2) is 61.9 Å². The highest BCUT2D eigenvalue weighted by Gasteiger charge is 2.28. The van der Waals surface area contributed by atoms with Crippen LogP contribution >= 0.6 is 12.2 Å². The standard InChI is InChI=1S/C6H12O5S/c7-1-3(8)5(10)6(11)4(9)2-12/h2-11H,1H2/t3-,4+,5+,6+/m1/s1. The second kappa shape index (κ2) is 5.52. The van der Waals surface area contributed by atoms with E-state index in [-0.39, 0.29) is 0 Å². The van der Waals surface area contributed by atoms with Gasteiger partial charge in [0.25, 0.3) is 0 Å². The third-order valence-corrected chi connectivity index (χ3v) is 1.70. The molecule has 6 heteroatoms. The smallest absolute Gasteiger partial charge is 0.113 e. The van der Waals surface area contributed by atoms with Gasteiger partial charge in [-0.25, -0.2) is 0 Å². The maximum Gasteiger partial charge on any atom is 0.113 e. The molecular weight excluding hydrogens is 184 g/mol. The number of hydrogen-bond acceptors (Lipinski definition) is 6. The summed E-state index contributed by atoms with van der Waals surface area (Å²) in [5.41, 5.74) is 0. The molecule has 0 rings (SSSR count). The van der Waals surface area contributed by atoms with Gasteiger partial charge in [0.1, 0.15) is 24.4 Å². The largest absolute Gasteiger partial charge is 0.394 e. The van der Waals surface area contributed by atoms with E-state index in [4.69, 9.17) is 25.5 Å². The zero-order valence-corrected chi connectivity index (χ0v) is 7.05. The van der Waals surface area contributed by atoms with Gasteiger partial charge < -0.3 is 25.5 Å². The van der Waals surface area contributed by atoms with Crippen molar-refractivity contribution in [1.29, 1.82) is 0 Å². The Morgan fingerprint density at radius 2 is 1.58 bits per heavy atom. The van der Waals surface area contributed by atoms with E-state index in [1.807, 2.05) is 0 Å². The summed E-state index contributed by atoms with van der Waals surface area (Å²) in [7, 11) is 0. The van der Waals surface area contributed by atoms with Crippen LogP contribution in [0.15, 0.2) is 0 Å². The van der Waals surface area contributed by atoms with E-state index < -0.39 is 31.0 Å². The van der Waals surface area contributed by atoms with Crippen LogP contribution in [0.1, 0.15) is 0 Å². The van der Waals surface area contributed by atoms with Crippen molar-refractivity contribution in [3.05, 3.63) is 0 Å².